The highest BCUT2D eigenvalue weighted by molar-refractivity contribution is 6.30. The van der Waals surface area contributed by atoms with Crippen LogP contribution in [0.25, 0.3) is 0 Å². The quantitative estimate of drug-likeness (QED) is 0.853. The summed E-state index contributed by atoms with van der Waals surface area (Å²) in [5, 5.41) is 5.84. The maximum Gasteiger partial charge on any atom is 0.243 e. The lowest BCUT2D eigenvalue weighted by molar-refractivity contribution is -0.114. The van der Waals surface area contributed by atoms with Gasteiger partial charge in [0.1, 0.15) is 5.82 Å². The first-order chi connectivity index (χ1) is 10.6. The molecular weight excluding hydrogens is 307 g/mol. The molecular formula is C16H16ClFN2O2. The lowest BCUT2D eigenvalue weighted by Crippen LogP contribution is -2.22. The van der Waals surface area contributed by atoms with Crippen molar-refractivity contribution in [3.8, 4) is 0 Å². The van der Waals surface area contributed by atoms with Crippen LogP contribution in [-0.4, -0.2) is 19.6 Å². The van der Waals surface area contributed by atoms with Gasteiger partial charge in [-0.1, -0.05) is 29.8 Å². The molecule has 0 aliphatic rings. The minimum Gasteiger partial charge on any atom is -0.380 e. The Kier molecular flexibility index (Phi) is 5.75. The lowest BCUT2D eigenvalue weighted by atomic mass is 10.2. The normalized spacial score (nSPS) is 10.3. The van der Waals surface area contributed by atoms with Gasteiger partial charge in [-0.15, -0.1) is 0 Å². The molecule has 4 nitrogen and oxygen atoms in total. The number of carbonyl (C=O) groups is 1. The Balaban J connectivity index is 1.97. The van der Waals surface area contributed by atoms with Crippen molar-refractivity contribution in [2.24, 2.45) is 0 Å². The van der Waals surface area contributed by atoms with E-state index in [4.69, 9.17) is 16.3 Å². The van der Waals surface area contributed by atoms with Gasteiger partial charge in [0.05, 0.1) is 18.8 Å². The molecule has 0 spiro atoms. The number of para-hydroxylation sites is 1. The predicted octanol–water partition coefficient (Wildman–Crippen LogP) is 3.68. The van der Waals surface area contributed by atoms with Crippen LogP contribution in [0.4, 0.5) is 15.8 Å². The van der Waals surface area contributed by atoms with E-state index in [-0.39, 0.29) is 18.1 Å². The highest BCUT2D eigenvalue weighted by Crippen LogP contribution is 2.20. The van der Waals surface area contributed by atoms with Crippen LogP contribution in [-0.2, 0) is 16.1 Å². The second-order valence-electron chi connectivity index (χ2n) is 4.62. The highest BCUT2D eigenvalue weighted by Gasteiger charge is 2.08. The number of hydrogen-bond acceptors (Lipinski definition) is 3. The second kappa shape index (κ2) is 7.77. The summed E-state index contributed by atoms with van der Waals surface area (Å²) in [4.78, 5) is 11.9. The zero-order valence-electron chi connectivity index (χ0n) is 12.0. The first kappa shape index (κ1) is 16.3. The summed E-state index contributed by atoms with van der Waals surface area (Å²) in [6.07, 6.45) is 0. The molecule has 0 radical (unpaired) electrons. The highest BCUT2D eigenvalue weighted by atomic mass is 35.5. The van der Waals surface area contributed by atoms with Crippen molar-refractivity contribution in [1.82, 2.24) is 0 Å². The maximum atomic E-state index is 13.5. The number of anilines is 2. The topological polar surface area (TPSA) is 50.4 Å². The molecule has 116 valence electrons. The molecule has 0 saturated heterocycles. The third-order valence-corrected chi connectivity index (χ3v) is 3.19. The number of nitrogens with one attached hydrogen (secondary N) is 2. The largest absolute Gasteiger partial charge is 0.380 e. The van der Waals surface area contributed by atoms with Crippen molar-refractivity contribution in [3.63, 3.8) is 0 Å². The summed E-state index contributed by atoms with van der Waals surface area (Å²) in [6, 6.07) is 11.5. The van der Waals surface area contributed by atoms with Crippen molar-refractivity contribution < 1.29 is 13.9 Å². The lowest BCUT2D eigenvalue weighted by Gasteiger charge is -2.12. The van der Waals surface area contributed by atoms with E-state index < -0.39 is 5.82 Å². The van der Waals surface area contributed by atoms with Crippen LogP contribution in [0, 0.1) is 5.82 Å². The monoisotopic (exact) mass is 322 g/mol. The zero-order valence-corrected chi connectivity index (χ0v) is 12.8. The number of benzene rings is 2. The fourth-order valence-electron chi connectivity index (χ4n) is 1.94. The predicted molar refractivity (Wildman–Crippen MR) is 85.7 cm³/mol. The molecule has 0 unspecified atom stereocenters. The fraction of sp³-hybridized carbons (Fsp3) is 0.188. The number of methoxy groups -OCH3 is 1. The van der Waals surface area contributed by atoms with Crippen molar-refractivity contribution >= 4 is 28.9 Å². The van der Waals surface area contributed by atoms with Gasteiger partial charge in [-0.05, 0) is 24.3 Å². The van der Waals surface area contributed by atoms with Crippen LogP contribution in [0.1, 0.15) is 5.56 Å². The fourth-order valence-corrected chi connectivity index (χ4v) is 2.11. The SMILES string of the molecule is COCc1ccccc1NCC(=O)Nc1cc(Cl)ccc1F. The van der Waals surface area contributed by atoms with E-state index in [0.29, 0.717) is 11.6 Å². The summed E-state index contributed by atoms with van der Waals surface area (Å²) in [5.41, 5.74) is 1.79. The molecule has 6 heteroatoms. The molecule has 2 rings (SSSR count). The number of hydrogen-bond donors (Lipinski definition) is 2. The van der Waals surface area contributed by atoms with E-state index in [1.807, 2.05) is 24.3 Å². The molecule has 0 atom stereocenters. The first-order valence-electron chi connectivity index (χ1n) is 6.66. The van der Waals surface area contributed by atoms with Gasteiger partial charge in [0.2, 0.25) is 5.91 Å². The van der Waals surface area contributed by atoms with E-state index in [1.54, 1.807) is 7.11 Å². The standard InChI is InChI=1S/C16H16ClFN2O2/c1-22-10-11-4-2-3-5-14(11)19-9-16(21)20-15-8-12(17)6-7-13(15)18/h2-8,19H,9-10H2,1H3,(H,20,21). The molecule has 22 heavy (non-hydrogen) atoms. The van der Waals surface area contributed by atoms with Crippen LogP contribution < -0.4 is 10.6 Å². The summed E-state index contributed by atoms with van der Waals surface area (Å²) in [7, 11) is 1.60. The van der Waals surface area contributed by atoms with Gasteiger partial charge in [-0.3, -0.25) is 4.79 Å². The summed E-state index contributed by atoms with van der Waals surface area (Å²) >= 11 is 5.78. The Morgan fingerprint density at radius 1 is 1.23 bits per heavy atom. The smallest absolute Gasteiger partial charge is 0.243 e. The Labute approximate surface area is 133 Å². The van der Waals surface area contributed by atoms with Crippen molar-refractivity contribution in [1.29, 1.82) is 0 Å². The van der Waals surface area contributed by atoms with Crippen LogP contribution >= 0.6 is 11.6 Å². The van der Waals surface area contributed by atoms with Gasteiger partial charge < -0.3 is 15.4 Å². The van der Waals surface area contributed by atoms with Crippen LogP contribution in [0.15, 0.2) is 42.5 Å². The van der Waals surface area contributed by atoms with E-state index in [0.717, 1.165) is 11.3 Å². The van der Waals surface area contributed by atoms with Crippen molar-refractivity contribution in [3.05, 3.63) is 58.9 Å². The summed E-state index contributed by atoms with van der Waals surface area (Å²) < 4.78 is 18.6. The van der Waals surface area contributed by atoms with Gasteiger partial charge in [0, 0.05) is 23.4 Å². The third-order valence-electron chi connectivity index (χ3n) is 2.96. The zero-order chi connectivity index (χ0) is 15.9. The molecule has 2 N–H and O–H groups in total. The molecule has 0 saturated carbocycles. The molecule has 2 aromatic carbocycles. The van der Waals surface area contributed by atoms with Gasteiger partial charge in [-0.2, -0.15) is 0 Å². The number of rotatable bonds is 6. The maximum absolute atomic E-state index is 13.5. The van der Waals surface area contributed by atoms with Crippen LogP contribution in [0.5, 0.6) is 0 Å². The van der Waals surface area contributed by atoms with Crippen LogP contribution in [0.2, 0.25) is 5.02 Å². The molecule has 2 aromatic rings. The van der Waals surface area contributed by atoms with E-state index in [1.165, 1.54) is 18.2 Å². The summed E-state index contributed by atoms with van der Waals surface area (Å²) in [6.45, 7) is 0.445. The Bertz CT molecular complexity index is 664. The number of halogens is 2. The molecule has 0 aliphatic heterocycles. The average Bonchev–Trinajstić information content (AvgIpc) is 2.50. The van der Waals surface area contributed by atoms with E-state index in [9.17, 15) is 9.18 Å². The van der Waals surface area contributed by atoms with Gasteiger partial charge in [0.15, 0.2) is 0 Å². The summed E-state index contributed by atoms with van der Waals surface area (Å²) in [5.74, 6) is -0.897. The molecule has 0 fully saturated rings. The Hall–Kier alpha value is -2.11. The van der Waals surface area contributed by atoms with Crippen molar-refractivity contribution in [2.45, 2.75) is 6.61 Å². The van der Waals surface area contributed by atoms with Gasteiger partial charge >= 0.3 is 0 Å². The third kappa shape index (κ3) is 4.44. The number of amides is 1. The van der Waals surface area contributed by atoms with Crippen molar-refractivity contribution in [2.75, 3.05) is 24.3 Å². The molecule has 0 bridgehead atoms. The molecule has 1 amide bonds. The Morgan fingerprint density at radius 3 is 2.77 bits per heavy atom. The minimum atomic E-state index is -0.530. The van der Waals surface area contributed by atoms with E-state index in [2.05, 4.69) is 10.6 Å². The molecule has 0 aromatic heterocycles. The minimum absolute atomic E-state index is 0.00663. The number of ether oxygens (including phenoxy) is 1. The van der Waals surface area contributed by atoms with Gasteiger partial charge in [0.25, 0.3) is 0 Å². The molecule has 0 heterocycles. The van der Waals surface area contributed by atoms with E-state index >= 15 is 0 Å². The molecule has 0 aliphatic carbocycles. The Morgan fingerprint density at radius 2 is 2.00 bits per heavy atom. The van der Waals surface area contributed by atoms with Gasteiger partial charge in [-0.25, -0.2) is 4.39 Å². The van der Waals surface area contributed by atoms with Crippen LogP contribution in [0.3, 0.4) is 0 Å². The first-order valence-corrected chi connectivity index (χ1v) is 7.03. The average molecular weight is 323 g/mol. The second-order valence-corrected chi connectivity index (χ2v) is 5.05. The number of carbonyl (C=O) groups excluding carboxylic acids is 1.